The maximum atomic E-state index is 10.2. The monoisotopic (exact) mass is 288 g/mol. The van der Waals surface area contributed by atoms with E-state index < -0.39 is 0 Å². The Kier molecular flexibility index (Phi) is 3.97. The van der Waals surface area contributed by atoms with E-state index in [1.807, 2.05) is 6.07 Å². The Balaban J connectivity index is 1.56. The fraction of sp³-hybridized carbons (Fsp3) is 0.250. The summed E-state index contributed by atoms with van der Waals surface area (Å²) in [5, 5.41) is 12.3. The second-order valence-corrected chi connectivity index (χ2v) is 6.75. The molecule has 2 heterocycles. The molecule has 98 valence electrons. The number of thiophene rings is 2. The molecule has 19 heavy (non-hydrogen) atoms. The molecule has 1 N–H and O–H groups in total. The van der Waals surface area contributed by atoms with E-state index in [1.165, 1.54) is 15.0 Å². The van der Waals surface area contributed by atoms with E-state index in [4.69, 9.17) is 0 Å². The summed E-state index contributed by atoms with van der Waals surface area (Å²) in [6.45, 7) is 0. The fourth-order valence-corrected chi connectivity index (χ4v) is 4.38. The van der Waals surface area contributed by atoms with Gasteiger partial charge in [0.2, 0.25) is 0 Å². The molecule has 0 amide bonds. The summed E-state index contributed by atoms with van der Waals surface area (Å²) in [5.74, 6) is 0. The van der Waals surface area contributed by atoms with Gasteiger partial charge in [-0.2, -0.15) is 0 Å². The molecule has 0 saturated heterocycles. The van der Waals surface area contributed by atoms with Gasteiger partial charge in [-0.25, -0.2) is 0 Å². The summed E-state index contributed by atoms with van der Waals surface area (Å²) in [6.07, 6.45) is 2.59. The third kappa shape index (κ3) is 3.06. The topological polar surface area (TPSA) is 20.2 Å². The second kappa shape index (κ2) is 5.87. The summed E-state index contributed by atoms with van der Waals surface area (Å²) in [7, 11) is 0. The molecule has 0 aliphatic carbocycles. The van der Waals surface area contributed by atoms with Gasteiger partial charge in [0.25, 0.3) is 0 Å². The van der Waals surface area contributed by atoms with Crippen molar-refractivity contribution in [3.63, 3.8) is 0 Å². The molecular formula is C16H16OS2. The van der Waals surface area contributed by atoms with Gasteiger partial charge in [-0.05, 0) is 42.3 Å². The lowest BCUT2D eigenvalue weighted by Gasteiger charge is -2.08. The van der Waals surface area contributed by atoms with Crippen LogP contribution < -0.4 is 0 Å². The molecule has 2 aromatic heterocycles. The molecule has 1 nitrogen and oxygen atoms in total. The largest absolute Gasteiger partial charge is 0.388 e. The van der Waals surface area contributed by atoms with Crippen LogP contribution in [-0.4, -0.2) is 5.11 Å². The highest BCUT2D eigenvalue weighted by atomic mass is 32.1. The molecule has 0 aliphatic rings. The predicted octanol–water partition coefficient (Wildman–Crippen LogP) is 5.02. The van der Waals surface area contributed by atoms with Gasteiger partial charge in [-0.1, -0.05) is 30.3 Å². The van der Waals surface area contributed by atoms with Crippen LogP contribution in [0.2, 0.25) is 0 Å². The van der Waals surface area contributed by atoms with Crippen molar-refractivity contribution in [3.05, 3.63) is 58.3 Å². The lowest BCUT2D eigenvalue weighted by Crippen LogP contribution is -1.95. The number of fused-ring (bicyclic) bond motifs is 1. The average Bonchev–Trinajstić information content (AvgIpc) is 3.00. The summed E-state index contributed by atoms with van der Waals surface area (Å²) >= 11 is 3.46. The standard InChI is InChI=1S/C16H16OS2/c17-13(8-4-7-12-5-2-1-3-6-12)15-11-16-14(19-15)9-10-18-16/h1-3,5-6,9-11,13,17H,4,7-8H2. The van der Waals surface area contributed by atoms with Gasteiger partial charge < -0.3 is 5.11 Å². The molecule has 1 unspecified atom stereocenters. The maximum Gasteiger partial charge on any atom is 0.0882 e. The van der Waals surface area contributed by atoms with Crippen molar-refractivity contribution in [1.29, 1.82) is 0 Å². The van der Waals surface area contributed by atoms with Crippen molar-refractivity contribution in [2.75, 3.05) is 0 Å². The first-order valence-electron chi connectivity index (χ1n) is 6.52. The first-order valence-corrected chi connectivity index (χ1v) is 8.21. The summed E-state index contributed by atoms with van der Waals surface area (Å²) in [6, 6.07) is 14.7. The van der Waals surface area contributed by atoms with Crippen LogP contribution >= 0.6 is 22.7 Å². The molecule has 0 saturated carbocycles. The summed E-state index contributed by atoms with van der Waals surface area (Å²) in [5.41, 5.74) is 1.35. The van der Waals surface area contributed by atoms with Crippen molar-refractivity contribution in [1.82, 2.24) is 0 Å². The number of benzene rings is 1. The number of hydrogen-bond acceptors (Lipinski definition) is 3. The highest BCUT2D eigenvalue weighted by Gasteiger charge is 2.11. The summed E-state index contributed by atoms with van der Waals surface area (Å²) < 4.78 is 2.59. The van der Waals surface area contributed by atoms with Crippen LogP contribution in [0.25, 0.3) is 9.40 Å². The van der Waals surface area contributed by atoms with Crippen molar-refractivity contribution >= 4 is 32.1 Å². The molecule has 3 aromatic rings. The van der Waals surface area contributed by atoms with E-state index in [-0.39, 0.29) is 6.10 Å². The zero-order valence-corrected chi connectivity index (χ0v) is 12.2. The highest BCUT2D eigenvalue weighted by Crippen LogP contribution is 2.34. The predicted molar refractivity (Wildman–Crippen MR) is 84.0 cm³/mol. The van der Waals surface area contributed by atoms with Crippen molar-refractivity contribution < 1.29 is 5.11 Å². The second-order valence-electron chi connectivity index (χ2n) is 4.69. The minimum absolute atomic E-state index is 0.312. The number of rotatable bonds is 5. The van der Waals surface area contributed by atoms with Gasteiger partial charge in [0.05, 0.1) is 6.10 Å². The van der Waals surface area contributed by atoms with E-state index in [9.17, 15) is 5.11 Å². The molecule has 3 heteroatoms. The lowest BCUT2D eigenvalue weighted by atomic mass is 10.1. The number of aliphatic hydroxyl groups excluding tert-OH is 1. The van der Waals surface area contributed by atoms with Crippen LogP contribution in [0.4, 0.5) is 0 Å². The van der Waals surface area contributed by atoms with Crippen molar-refractivity contribution in [3.8, 4) is 0 Å². The molecule has 1 atom stereocenters. The van der Waals surface area contributed by atoms with E-state index in [0.29, 0.717) is 0 Å². The minimum Gasteiger partial charge on any atom is -0.388 e. The Hall–Kier alpha value is -1.16. The van der Waals surface area contributed by atoms with E-state index >= 15 is 0 Å². The Morgan fingerprint density at radius 2 is 1.89 bits per heavy atom. The first-order chi connectivity index (χ1) is 9.33. The molecule has 0 fully saturated rings. The third-order valence-corrected chi connectivity index (χ3v) is 5.47. The fourth-order valence-electron chi connectivity index (χ4n) is 2.24. The molecule has 0 radical (unpaired) electrons. The average molecular weight is 288 g/mol. The first kappa shape index (κ1) is 12.9. The van der Waals surface area contributed by atoms with Gasteiger partial charge in [-0.3, -0.25) is 0 Å². The molecule has 0 bridgehead atoms. The molecule has 0 spiro atoms. The molecule has 0 aliphatic heterocycles. The van der Waals surface area contributed by atoms with Crippen LogP contribution in [0.1, 0.15) is 29.4 Å². The molecule has 1 aromatic carbocycles. The zero-order valence-electron chi connectivity index (χ0n) is 10.6. The van der Waals surface area contributed by atoms with Crippen LogP contribution in [-0.2, 0) is 6.42 Å². The maximum absolute atomic E-state index is 10.2. The number of hydrogen-bond donors (Lipinski definition) is 1. The number of aliphatic hydroxyl groups is 1. The Bertz CT molecular complexity index is 610. The lowest BCUT2D eigenvalue weighted by molar-refractivity contribution is 0.168. The SMILES string of the molecule is OC(CCCc1ccccc1)c1cc2sccc2s1. The zero-order chi connectivity index (χ0) is 13.1. The van der Waals surface area contributed by atoms with Crippen molar-refractivity contribution in [2.45, 2.75) is 25.4 Å². The third-order valence-electron chi connectivity index (χ3n) is 3.27. The Morgan fingerprint density at radius 1 is 1.05 bits per heavy atom. The van der Waals surface area contributed by atoms with E-state index in [0.717, 1.165) is 24.1 Å². The van der Waals surface area contributed by atoms with Gasteiger partial charge in [0, 0.05) is 14.3 Å². The molecule has 3 rings (SSSR count). The van der Waals surface area contributed by atoms with Gasteiger partial charge >= 0.3 is 0 Å². The van der Waals surface area contributed by atoms with Crippen LogP contribution in [0, 0.1) is 0 Å². The van der Waals surface area contributed by atoms with Gasteiger partial charge in [-0.15, -0.1) is 22.7 Å². The smallest absolute Gasteiger partial charge is 0.0882 e. The van der Waals surface area contributed by atoms with Gasteiger partial charge in [0.15, 0.2) is 0 Å². The van der Waals surface area contributed by atoms with Crippen molar-refractivity contribution in [2.24, 2.45) is 0 Å². The van der Waals surface area contributed by atoms with Crippen LogP contribution in [0.3, 0.4) is 0 Å². The van der Waals surface area contributed by atoms with E-state index in [1.54, 1.807) is 22.7 Å². The normalized spacial score (nSPS) is 12.9. The molecular weight excluding hydrogens is 272 g/mol. The minimum atomic E-state index is -0.312. The quantitative estimate of drug-likeness (QED) is 0.699. The summed E-state index contributed by atoms with van der Waals surface area (Å²) in [4.78, 5) is 1.11. The van der Waals surface area contributed by atoms with E-state index in [2.05, 4.69) is 41.8 Å². The number of aryl methyl sites for hydroxylation is 1. The van der Waals surface area contributed by atoms with Crippen LogP contribution in [0.15, 0.2) is 47.8 Å². The Labute approximate surface area is 121 Å². The van der Waals surface area contributed by atoms with Gasteiger partial charge in [0.1, 0.15) is 0 Å². The Morgan fingerprint density at radius 3 is 2.68 bits per heavy atom. The highest BCUT2D eigenvalue weighted by molar-refractivity contribution is 7.26. The van der Waals surface area contributed by atoms with Crippen LogP contribution in [0.5, 0.6) is 0 Å².